The third-order valence-corrected chi connectivity index (χ3v) is 7.07. The minimum absolute atomic E-state index is 0.275. The normalized spacial score (nSPS) is 13.7. The lowest BCUT2D eigenvalue weighted by Crippen LogP contribution is -2.45. The predicted molar refractivity (Wildman–Crippen MR) is 169 cm³/mol. The van der Waals surface area contributed by atoms with Gasteiger partial charge in [0.15, 0.2) is 11.2 Å². The first-order valence-corrected chi connectivity index (χ1v) is 14.7. The van der Waals surface area contributed by atoms with Crippen molar-refractivity contribution in [1.82, 2.24) is 24.8 Å². The highest BCUT2D eigenvalue weighted by Gasteiger charge is 2.19. The van der Waals surface area contributed by atoms with Crippen LogP contribution in [0.15, 0.2) is 89.6 Å². The third kappa shape index (κ3) is 7.82. The summed E-state index contributed by atoms with van der Waals surface area (Å²) in [6.45, 7) is 10.00. The Morgan fingerprint density at radius 3 is 2.35 bits per heavy atom. The molecule has 1 N–H and O–H groups in total. The number of rotatable bonds is 8. The van der Waals surface area contributed by atoms with Crippen molar-refractivity contribution in [2.75, 3.05) is 38.6 Å². The summed E-state index contributed by atoms with van der Waals surface area (Å²) in [5.41, 5.74) is 4.71. The van der Waals surface area contributed by atoms with Crippen molar-refractivity contribution in [3.05, 3.63) is 102 Å². The summed E-state index contributed by atoms with van der Waals surface area (Å²) in [5.74, 6) is 1.23. The molecule has 0 spiro atoms. The number of aromatic nitrogens is 3. The molecule has 2 aromatic carbocycles. The van der Waals surface area contributed by atoms with Crippen molar-refractivity contribution in [3.8, 4) is 17.2 Å². The SMILES string of the molecule is CCC.COc1cc(C(=O)Nc2cc(-c3nc4ncccc4o3)ccn2)ccc1CN1CCN(Cc2ccccc2)CC1. The van der Waals surface area contributed by atoms with Crippen LogP contribution in [-0.2, 0) is 13.1 Å². The van der Waals surface area contributed by atoms with Crippen molar-refractivity contribution in [2.24, 2.45) is 0 Å². The summed E-state index contributed by atoms with van der Waals surface area (Å²) in [7, 11) is 1.64. The van der Waals surface area contributed by atoms with Gasteiger partial charge in [0, 0.05) is 68.4 Å². The van der Waals surface area contributed by atoms with Gasteiger partial charge in [-0.2, -0.15) is 4.98 Å². The topological polar surface area (TPSA) is 96.6 Å². The van der Waals surface area contributed by atoms with E-state index >= 15 is 0 Å². The maximum absolute atomic E-state index is 13.1. The lowest BCUT2D eigenvalue weighted by Gasteiger charge is -2.35. The fourth-order valence-electron chi connectivity index (χ4n) is 4.92. The molecule has 1 amide bonds. The molecule has 5 aromatic rings. The number of benzene rings is 2. The maximum Gasteiger partial charge on any atom is 0.256 e. The molecule has 1 aliphatic rings. The second kappa shape index (κ2) is 14.5. The van der Waals surface area contributed by atoms with Crippen LogP contribution in [0.3, 0.4) is 0 Å². The summed E-state index contributed by atoms with van der Waals surface area (Å²) in [6.07, 6.45) is 4.52. The number of pyridine rings is 2. The molecular formula is C34H38N6O3. The van der Waals surface area contributed by atoms with Gasteiger partial charge in [-0.3, -0.25) is 14.6 Å². The highest BCUT2D eigenvalue weighted by molar-refractivity contribution is 6.04. The van der Waals surface area contributed by atoms with Crippen LogP contribution in [0.5, 0.6) is 5.75 Å². The molecule has 1 aliphatic heterocycles. The quantitative estimate of drug-likeness (QED) is 0.230. The van der Waals surface area contributed by atoms with Crippen LogP contribution in [-0.4, -0.2) is 63.9 Å². The summed E-state index contributed by atoms with van der Waals surface area (Å²) < 4.78 is 11.5. The molecule has 0 unspecified atom stereocenters. The van der Waals surface area contributed by atoms with Crippen molar-refractivity contribution < 1.29 is 13.9 Å². The number of carbonyl (C=O) groups is 1. The van der Waals surface area contributed by atoms with Crippen molar-refractivity contribution >= 4 is 23.0 Å². The number of carbonyl (C=O) groups excluding carboxylic acids is 1. The first-order chi connectivity index (χ1) is 21.1. The van der Waals surface area contributed by atoms with E-state index in [1.54, 1.807) is 43.8 Å². The molecule has 9 nitrogen and oxygen atoms in total. The summed E-state index contributed by atoms with van der Waals surface area (Å²) >= 11 is 0. The van der Waals surface area contributed by atoms with Gasteiger partial charge >= 0.3 is 0 Å². The van der Waals surface area contributed by atoms with E-state index < -0.39 is 0 Å². The fourth-order valence-corrected chi connectivity index (χ4v) is 4.92. The standard InChI is InChI=1S/C31H30N6O3.C3H8/c1-39-27-18-23(9-10-25(27)21-37-16-14-36(15-17-37)20-22-6-3-2-4-7-22)30(38)34-28-19-24(11-13-32-28)31-35-29-26(40-31)8-5-12-33-29;1-3-2/h2-13,18-19H,14-17,20-21H2,1H3,(H,32,34,38);3H2,1-2H3. The Kier molecular flexibility index (Phi) is 10.1. The minimum atomic E-state index is -0.275. The van der Waals surface area contributed by atoms with Crippen LogP contribution in [0.2, 0.25) is 0 Å². The van der Waals surface area contributed by atoms with Crippen LogP contribution in [0, 0.1) is 0 Å². The van der Waals surface area contributed by atoms with Gasteiger partial charge in [0.1, 0.15) is 11.6 Å². The molecule has 0 radical (unpaired) electrons. The molecule has 1 fully saturated rings. The number of methoxy groups -OCH3 is 1. The van der Waals surface area contributed by atoms with Gasteiger partial charge in [0.05, 0.1) is 7.11 Å². The molecule has 222 valence electrons. The Morgan fingerprint density at radius 2 is 1.63 bits per heavy atom. The van der Waals surface area contributed by atoms with Crippen LogP contribution in [0.25, 0.3) is 22.7 Å². The Bertz CT molecular complexity index is 1600. The number of fused-ring (bicyclic) bond motifs is 1. The molecule has 4 heterocycles. The van der Waals surface area contributed by atoms with Crippen LogP contribution >= 0.6 is 0 Å². The number of amides is 1. The molecule has 0 aliphatic carbocycles. The van der Waals surface area contributed by atoms with Crippen molar-refractivity contribution in [2.45, 2.75) is 33.4 Å². The molecule has 3 aromatic heterocycles. The summed E-state index contributed by atoms with van der Waals surface area (Å²) in [5, 5.41) is 2.87. The lowest BCUT2D eigenvalue weighted by atomic mass is 10.1. The molecule has 0 bridgehead atoms. The number of nitrogens with zero attached hydrogens (tertiary/aromatic N) is 5. The highest BCUT2D eigenvalue weighted by Crippen LogP contribution is 2.26. The fraction of sp³-hybridized carbons (Fsp3) is 0.294. The first-order valence-electron chi connectivity index (χ1n) is 14.7. The number of anilines is 1. The Hall–Kier alpha value is -4.60. The average molecular weight is 579 g/mol. The van der Waals surface area contributed by atoms with Crippen LogP contribution in [0.4, 0.5) is 5.82 Å². The van der Waals surface area contributed by atoms with Crippen molar-refractivity contribution in [1.29, 1.82) is 0 Å². The van der Waals surface area contributed by atoms with E-state index in [2.05, 4.69) is 74.2 Å². The van der Waals surface area contributed by atoms with Crippen LogP contribution in [0.1, 0.15) is 41.8 Å². The number of nitrogens with one attached hydrogen (secondary N) is 1. The van der Waals surface area contributed by atoms with E-state index in [-0.39, 0.29) is 5.91 Å². The number of hydrogen-bond acceptors (Lipinski definition) is 8. The molecule has 6 rings (SSSR count). The smallest absolute Gasteiger partial charge is 0.256 e. The van der Waals surface area contributed by atoms with E-state index in [1.165, 1.54) is 12.0 Å². The van der Waals surface area contributed by atoms with Gasteiger partial charge < -0.3 is 14.5 Å². The molecule has 1 saturated heterocycles. The molecule has 43 heavy (non-hydrogen) atoms. The van der Waals surface area contributed by atoms with Gasteiger partial charge in [-0.25, -0.2) is 9.97 Å². The lowest BCUT2D eigenvalue weighted by molar-refractivity contribution is 0.102. The summed E-state index contributed by atoms with van der Waals surface area (Å²) in [4.78, 5) is 30.9. The van der Waals surface area contributed by atoms with Gasteiger partial charge in [-0.15, -0.1) is 0 Å². The van der Waals surface area contributed by atoms with E-state index in [0.29, 0.717) is 39.8 Å². The third-order valence-electron chi connectivity index (χ3n) is 7.07. The zero-order valence-electron chi connectivity index (χ0n) is 25.0. The van der Waals surface area contributed by atoms with Gasteiger partial charge in [-0.1, -0.05) is 56.7 Å². The number of piperazine rings is 1. The van der Waals surface area contributed by atoms with Gasteiger partial charge in [0.25, 0.3) is 5.91 Å². The first kappa shape index (κ1) is 29.9. The maximum atomic E-state index is 13.1. The number of hydrogen-bond donors (Lipinski definition) is 1. The monoisotopic (exact) mass is 578 g/mol. The largest absolute Gasteiger partial charge is 0.496 e. The number of oxazole rings is 1. The minimum Gasteiger partial charge on any atom is -0.496 e. The van der Waals surface area contributed by atoms with E-state index in [1.807, 2.05) is 18.2 Å². The molecule has 0 atom stereocenters. The zero-order chi connectivity index (χ0) is 30.0. The highest BCUT2D eigenvalue weighted by atomic mass is 16.5. The van der Waals surface area contributed by atoms with Gasteiger partial charge in [-0.05, 0) is 42.0 Å². The predicted octanol–water partition coefficient (Wildman–Crippen LogP) is 6.28. The van der Waals surface area contributed by atoms with Crippen LogP contribution < -0.4 is 10.1 Å². The summed E-state index contributed by atoms with van der Waals surface area (Å²) in [6, 6.07) is 23.3. The second-order valence-corrected chi connectivity index (χ2v) is 10.5. The van der Waals surface area contributed by atoms with E-state index in [0.717, 1.165) is 44.8 Å². The number of ether oxygens (including phenoxy) is 1. The van der Waals surface area contributed by atoms with E-state index in [4.69, 9.17) is 9.15 Å². The Labute approximate surface area is 252 Å². The zero-order valence-corrected chi connectivity index (χ0v) is 25.0. The molecule has 0 saturated carbocycles. The molecule has 9 heteroatoms. The Morgan fingerprint density at radius 1 is 0.884 bits per heavy atom. The average Bonchev–Trinajstić information content (AvgIpc) is 3.48. The van der Waals surface area contributed by atoms with Gasteiger partial charge in [0.2, 0.25) is 5.89 Å². The van der Waals surface area contributed by atoms with E-state index in [9.17, 15) is 4.79 Å². The molecular weight excluding hydrogens is 540 g/mol. The Balaban J connectivity index is 0.00000118. The second-order valence-electron chi connectivity index (χ2n) is 10.5. The van der Waals surface area contributed by atoms with Crippen molar-refractivity contribution in [3.63, 3.8) is 0 Å².